The van der Waals surface area contributed by atoms with Crippen molar-refractivity contribution in [3.63, 3.8) is 0 Å². The first-order chi connectivity index (χ1) is 8.95. The number of aromatic nitrogens is 1. The molecule has 100 valence electrons. The summed E-state index contributed by atoms with van der Waals surface area (Å²) in [5.41, 5.74) is -1.18. The molecular weight excluding hydrogens is 260 g/mol. The van der Waals surface area contributed by atoms with Gasteiger partial charge in [-0.05, 0) is 6.07 Å². The van der Waals surface area contributed by atoms with Crippen LogP contribution in [0.15, 0.2) is 23.0 Å². The monoisotopic (exact) mass is 269 g/mol. The Morgan fingerprint density at radius 1 is 1.21 bits per heavy atom. The third-order valence-corrected chi connectivity index (χ3v) is 2.70. The number of aromatic carboxylic acids is 1. The van der Waals surface area contributed by atoms with E-state index < -0.39 is 35.3 Å². The van der Waals surface area contributed by atoms with E-state index in [1.807, 2.05) is 0 Å². The molecule has 0 fully saturated rings. The number of nitrogens with zero attached hydrogens (tertiary/aromatic N) is 1. The van der Waals surface area contributed by atoms with Crippen molar-refractivity contribution in [3.05, 3.63) is 45.8 Å². The molecule has 0 amide bonds. The fourth-order valence-electron chi connectivity index (χ4n) is 1.88. The van der Waals surface area contributed by atoms with Gasteiger partial charge in [-0.25, -0.2) is 13.6 Å². The number of halogens is 2. The fraction of sp³-hybridized carbons (Fsp3) is 0.167. The van der Waals surface area contributed by atoms with Crippen LogP contribution < -0.4 is 5.43 Å². The van der Waals surface area contributed by atoms with E-state index in [9.17, 15) is 18.4 Å². The molecule has 19 heavy (non-hydrogen) atoms. The molecule has 1 aromatic carbocycles. The van der Waals surface area contributed by atoms with Gasteiger partial charge in [-0.3, -0.25) is 4.79 Å². The van der Waals surface area contributed by atoms with Crippen LogP contribution in [0.3, 0.4) is 0 Å². The molecule has 1 aromatic heterocycles. The topological polar surface area (TPSA) is 79.5 Å². The Labute approximate surface area is 105 Å². The van der Waals surface area contributed by atoms with Crippen molar-refractivity contribution < 1.29 is 23.8 Å². The number of carbonyl (C=O) groups is 1. The van der Waals surface area contributed by atoms with Crippen molar-refractivity contribution in [2.24, 2.45) is 0 Å². The Morgan fingerprint density at radius 3 is 2.42 bits per heavy atom. The van der Waals surface area contributed by atoms with Crippen LogP contribution in [0.2, 0.25) is 0 Å². The van der Waals surface area contributed by atoms with Gasteiger partial charge in [-0.15, -0.1) is 0 Å². The van der Waals surface area contributed by atoms with Gasteiger partial charge in [0.25, 0.3) is 0 Å². The number of rotatable bonds is 3. The Kier molecular flexibility index (Phi) is 3.30. The number of carboxylic acid groups (broad SMARTS) is 1. The highest BCUT2D eigenvalue weighted by atomic mass is 19.2. The predicted molar refractivity (Wildman–Crippen MR) is 62.2 cm³/mol. The van der Waals surface area contributed by atoms with E-state index in [1.54, 1.807) is 0 Å². The van der Waals surface area contributed by atoms with Crippen LogP contribution >= 0.6 is 0 Å². The molecule has 0 saturated carbocycles. The number of benzene rings is 1. The molecule has 7 heteroatoms. The van der Waals surface area contributed by atoms with E-state index in [0.29, 0.717) is 6.07 Å². The molecular formula is C12H9F2NO4. The van der Waals surface area contributed by atoms with Gasteiger partial charge in [0.05, 0.1) is 12.1 Å². The van der Waals surface area contributed by atoms with Gasteiger partial charge in [-0.2, -0.15) is 0 Å². The van der Waals surface area contributed by atoms with Crippen LogP contribution in [-0.2, 0) is 6.54 Å². The first-order valence-corrected chi connectivity index (χ1v) is 5.32. The third kappa shape index (κ3) is 2.19. The smallest absolute Gasteiger partial charge is 0.352 e. The minimum Gasteiger partial charge on any atom is -0.477 e. The van der Waals surface area contributed by atoms with Crippen molar-refractivity contribution in [1.82, 2.24) is 4.57 Å². The predicted octanol–water partition coefficient (Wildman–Crippen LogP) is 0.970. The zero-order valence-corrected chi connectivity index (χ0v) is 9.56. The Bertz CT molecular complexity index is 724. The summed E-state index contributed by atoms with van der Waals surface area (Å²) < 4.78 is 27.4. The molecule has 0 atom stereocenters. The number of aliphatic hydroxyl groups excluding tert-OH is 1. The first kappa shape index (κ1) is 13.2. The fourth-order valence-corrected chi connectivity index (χ4v) is 1.88. The lowest BCUT2D eigenvalue weighted by Gasteiger charge is -2.13. The molecule has 0 unspecified atom stereocenters. The zero-order valence-electron chi connectivity index (χ0n) is 9.56. The second-order valence-corrected chi connectivity index (χ2v) is 3.86. The molecule has 0 aliphatic carbocycles. The largest absolute Gasteiger partial charge is 0.477 e. The van der Waals surface area contributed by atoms with Gasteiger partial charge in [0, 0.05) is 24.1 Å². The lowest BCUT2D eigenvalue weighted by atomic mass is 10.1. The van der Waals surface area contributed by atoms with Gasteiger partial charge in [0.2, 0.25) is 0 Å². The lowest BCUT2D eigenvalue weighted by Crippen LogP contribution is -2.20. The molecule has 2 rings (SSSR count). The number of hydrogen-bond donors (Lipinski definition) is 2. The van der Waals surface area contributed by atoms with E-state index in [0.717, 1.165) is 16.7 Å². The summed E-state index contributed by atoms with van der Waals surface area (Å²) in [5, 5.41) is 17.8. The maximum Gasteiger partial charge on any atom is 0.352 e. The van der Waals surface area contributed by atoms with Gasteiger partial charge in [-0.1, -0.05) is 0 Å². The summed E-state index contributed by atoms with van der Waals surface area (Å²) in [6.45, 7) is -0.555. The molecule has 0 aliphatic rings. The average molecular weight is 269 g/mol. The van der Waals surface area contributed by atoms with Crippen LogP contribution in [0, 0.1) is 11.6 Å². The molecule has 1 heterocycles. The van der Waals surface area contributed by atoms with Gasteiger partial charge >= 0.3 is 5.97 Å². The highest BCUT2D eigenvalue weighted by Gasteiger charge is 2.16. The molecule has 0 bridgehead atoms. The molecule has 2 N–H and O–H groups in total. The Morgan fingerprint density at radius 2 is 1.84 bits per heavy atom. The highest BCUT2D eigenvalue weighted by Crippen LogP contribution is 2.17. The maximum absolute atomic E-state index is 13.2. The lowest BCUT2D eigenvalue weighted by molar-refractivity contribution is 0.0683. The number of fused-ring (bicyclic) bond motifs is 1. The quantitative estimate of drug-likeness (QED) is 0.870. The van der Waals surface area contributed by atoms with Gasteiger partial charge in [0.15, 0.2) is 17.1 Å². The van der Waals surface area contributed by atoms with Crippen LogP contribution in [0.25, 0.3) is 10.9 Å². The second-order valence-electron chi connectivity index (χ2n) is 3.86. The van der Waals surface area contributed by atoms with Gasteiger partial charge in [0.1, 0.15) is 5.69 Å². The maximum atomic E-state index is 13.2. The van der Waals surface area contributed by atoms with E-state index in [2.05, 4.69) is 0 Å². The Balaban J connectivity index is 2.94. The molecule has 0 aliphatic heterocycles. The van der Waals surface area contributed by atoms with Crippen molar-refractivity contribution in [3.8, 4) is 0 Å². The summed E-state index contributed by atoms with van der Waals surface area (Å²) >= 11 is 0. The van der Waals surface area contributed by atoms with Crippen LogP contribution in [-0.4, -0.2) is 27.4 Å². The Hall–Kier alpha value is -2.28. The number of pyridine rings is 1. The van der Waals surface area contributed by atoms with Crippen molar-refractivity contribution in [2.75, 3.05) is 6.61 Å². The van der Waals surface area contributed by atoms with E-state index in [1.165, 1.54) is 0 Å². The SMILES string of the molecule is O=C(O)c1cc(=O)c2cc(F)c(F)cc2n1CCO. The summed E-state index contributed by atoms with van der Waals surface area (Å²) in [6, 6.07) is 2.28. The summed E-state index contributed by atoms with van der Waals surface area (Å²) in [5.74, 6) is -3.78. The molecule has 0 spiro atoms. The molecule has 0 saturated heterocycles. The first-order valence-electron chi connectivity index (χ1n) is 5.32. The molecule has 5 nitrogen and oxygen atoms in total. The van der Waals surface area contributed by atoms with E-state index in [4.69, 9.17) is 10.2 Å². The van der Waals surface area contributed by atoms with E-state index >= 15 is 0 Å². The van der Waals surface area contributed by atoms with E-state index in [-0.39, 0.29) is 17.4 Å². The minimum absolute atomic E-state index is 0.0714. The van der Waals surface area contributed by atoms with Crippen molar-refractivity contribution in [2.45, 2.75) is 6.54 Å². The standard InChI is InChI=1S/C12H9F2NO4/c13-7-3-6-9(4-8(7)14)15(1-2-16)10(12(18)19)5-11(6)17/h3-5,16H,1-2H2,(H,18,19). The minimum atomic E-state index is -1.39. The highest BCUT2D eigenvalue weighted by molar-refractivity contribution is 5.90. The van der Waals surface area contributed by atoms with Crippen molar-refractivity contribution in [1.29, 1.82) is 0 Å². The molecule has 0 radical (unpaired) electrons. The summed E-state index contributed by atoms with van der Waals surface area (Å²) in [4.78, 5) is 22.7. The van der Waals surface area contributed by atoms with Crippen LogP contribution in [0.1, 0.15) is 10.5 Å². The zero-order chi connectivity index (χ0) is 14.2. The number of carboxylic acids is 1. The van der Waals surface area contributed by atoms with Crippen LogP contribution in [0.5, 0.6) is 0 Å². The normalized spacial score (nSPS) is 10.9. The summed E-state index contributed by atoms with van der Waals surface area (Å²) in [6.07, 6.45) is 0. The summed E-state index contributed by atoms with van der Waals surface area (Å²) in [7, 11) is 0. The molecule has 2 aromatic rings. The van der Waals surface area contributed by atoms with Gasteiger partial charge < -0.3 is 14.8 Å². The number of aliphatic hydroxyl groups is 1. The third-order valence-electron chi connectivity index (χ3n) is 2.70. The second kappa shape index (κ2) is 4.77. The number of hydrogen-bond acceptors (Lipinski definition) is 3. The van der Waals surface area contributed by atoms with Crippen LogP contribution in [0.4, 0.5) is 8.78 Å². The van der Waals surface area contributed by atoms with Crippen molar-refractivity contribution >= 4 is 16.9 Å². The average Bonchev–Trinajstić information content (AvgIpc) is 2.35.